The fourth-order valence-corrected chi connectivity index (χ4v) is 2.87. The summed E-state index contributed by atoms with van der Waals surface area (Å²) in [5.74, 6) is -2.88. The molecule has 0 spiro atoms. The highest BCUT2D eigenvalue weighted by Gasteiger charge is 2.20. The van der Waals surface area contributed by atoms with E-state index in [0.29, 0.717) is 17.5 Å². The van der Waals surface area contributed by atoms with Crippen molar-refractivity contribution in [2.75, 3.05) is 5.32 Å². The molecule has 29 heavy (non-hydrogen) atoms. The van der Waals surface area contributed by atoms with Gasteiger partial charge in [0.05, 0.1) is 0 Å². The Morgan fingerprint density at radius 2 is 1.93 bits per heavy atom. The van der Waals surface area contributed by atoms with Gasteiger partial charge in [-0.15, -0.1) is 0 Å². The third kappa shape index (κ3) is 3.42. The maximum absolute atomic E-state index is 13.6. The maximum atomic E-state index is 13.6. The lowest BCUT2D eigenvalue weighted by atomic mass is 10.0. The summed E-state index contributed by atoms with van der Waals surface area (Å²) in [6.45, 7) is 0. The summed E-state index contributed by atoms with van der Waals surface area (Å²) in [7, 11) is 1.55. The molecule has 1 aromatic carbocycles. The summed E-state index contributed by atoms with van der Waals surface area (Å²) in [6.07, 6.45) is -1.77. The molecule has 0 atom stereocenters. The van der Waals surface area contributed by atoms with Crippen molar-refractivity contribution in [2.24, 2.45) is 7.05 Å². The quantitative estimate of drug-likeness (QED) is 0.506. The number of carbonyl (C=O) groups excluding carboxylic acids is 1. The molecule has 1 amide bonds. The van der Waals surface area contributed by atoms with Gasteiger partial charge in [-0.2, -0.15) is 5.10 Å². The molecular formula is C18H12F4N6O. The molecule has 148 valence electrons. The molecule has 4 rings (SSSR count). The summed E-state index contributed by atoms with van der Waals surface area (Å²) in [5, 5.41) is 6.88. The molecule has 0 fully saturated rings. The number of benzene rings is 1. The third-order valence-electron chi connectivity index (χ3n) is 4.25. The molecule has 11 heteroatoms. The average molecular weight is 404 g/mol. The lowest BCUT2D eigenvalue weighted by Gasteiger charge is -2.08. The van der Waals surface area contributed by atoms with Gasteiger partial charge < -0.3 is 10.3 Å². The number of nitrogens with zero attached hydrogens (tertiary/aromatic N) is 4. The molecule has 2 N–H and O–H groups in total. The molecule has 0 radical (unpaired) electrons. The van der Waals surface area contributed by atoms with Crippen LogP contribution in [0.2, 0.25) is 0 Å². The van der Waals surface area contributed by atoms with Gasteiger partial charge in [-0.3, -0.25) is 4.79 Å². The second-order valence-electron chi connectivity index (χ2n) is 6.13. The second kappa shape index (κ2) is 7.00. The summed E-state index contributed by atoms with van der Waals surface area (Å²) >= 11 is 0. The Hall–Kier alpha value is -3.76. The average Bonchev–Trinajstić information content (AvgIpc) is 3.29. The lowest BCUT2D eigenvalue weighted by Crippen LogP contribution is -2.18. The van der Waals surface area contributed by atoms with Gasteiger partial charge in [-0.1, -0.05) is 0 Å². The van der Waals surface area contributed by atoms with Crippen LogP contribution < -0.4 is 5.32 Å². The van der Waals surface area contributed by atoms with Crippen LogP contribution in [0.25, 0.3) is 22.3 Å². The number of alkyl halides is 2. The Kier molecular flexibility index (Phi) is 4.49. The molecule has 0 saturated carbocycles. The van der Waals surface area contributed by atoms with Crippen LogP contribution in [0.5, 0.6) is 0 Å². The molecule has 0 aliphatic heterocycles. The van der Waals surface area contributed by atoms with Gasteiger partial charge in [0, 0.05) is 29.3 Å². The number of H-pyrrole nitrogens is 1. The van der Waals surface area contributed by atoms with E-state index >= 15 is 0 Å². The molecular weight excluding hydrogens is 392 g/mol. The zero-order valence-electron chi connectivity index (χ0n) is 14.8. The first kappa shape index (κ1) is 18.6. The number of anilines is 1. The topological polar surface area (TPSA) is 88.5 Å². The van der Waals surface area contributed by atoms with E-state index in [1.54, 1.807) is 13.1 Å². The largest absolute Gasteiger partial charge is 0.339 e. The Morgan fingerprint density at radius 1 is 1.17 bits per heavy atom. The van der Waals surface area contributed by atoms with Crippen LogP contribution in [0.15, 0.2) is 36.7 Å². The van der Waals surface area contributed by atoms with Crippen molar-refractivity contribution in [3.05, 3.63) is 59.7 Å². The minimum atomic E-state index is -3.00. The van der Waals surface area contributed by atoms with Crippen LogP contribution in [0, 0.1) is 11.6 Å². The van der Waals surface area contributed by atoms with Crippen molar-refractivity contribution in [1.29, 1.82) is 0 Å². The van der Waals surface area contributed by atoms with E-state index in [9.17, 15) is 22.4 Å². The smallest absolute Gasteiger partial charge is 0.294 e. The van der Waals surface area contributed by atoms with Crippen molar-refractivity contribution in [3.63, 3.8) is 0 Å². The Balaban J connectivity index is 1.70. The first-order chi connectivity index (χ1) is 13.8. The van der Waals surface area contributed by atoms with Crippen molar-refractivity contribution in [3.8, 4) is 11.3 Å². The fraction of sp³-hybridized carbons (Fsp3) is 0.111. The van der Waals surface area contributed by atoms with Gasteiger partial charge >= 0.3 is 0 Å². The van der Waals surface area contributed by atoms with E-state index in [0.717, 1.165) is 0 Å². The number of pyridine rings is 1. The van der Waals surface area contributed by atoms with E-state index < -0.39 is 29.5 Å². The predicted molar refractivity (Wildman–Crippen MR) is 95.4 cm³/mol. The number of hydrogen-bond donors (Lipinski definition) is 2. The third-order valence-corrected chi connectivity index (χ3v) is 4.25. The summed E-state index contributed by atoms with van der Waals surface area (Å²) in [5.41, 5.74) is -0.424. The first-order valence-corrected chi connectivity index (χ1v) is 8.26. The van der Waals surface area contributed by atoms with Gasteiger partial charge in [-0.05, 0) is 30.3 Å². The monoisotopic (exact) mass is 404 g/mol. The molecule has 3 heterocycles. The summed E-state index contributed by atoms with van der Waals surface area (Å²) < 4.78 is 54.8. The van der Waals surface area contributed by atoms with Gasteiger partial charge in [0.2, 0.25) is 5.82 Å². The molecule has 0 unspecified atom stereocenters. The standard InChI is InChI=1S/C18H12F4N6O/c1-28-17(23-7-24-28)18(29)27-14-3-2-8-4-13(25-16(8)26-14)9-5-11(19)12(20)6-10(9)15(21)22/h2-7,15H,1H3,(H2,25,26,27,29). The van der Waals surface area contributed by atoms with Gasteiger partial charge in [0.1, 0.15) is 17.8 Å². The summed E-state index contributed by atoms with van der Waals surface area (Å²) in [6, 6.07) is 5.76. The van der Waals surface area contributed by atoms with Crippen LogP contribution in [-0.2, 0) is 7.05 Å². The highest BCUT2D eigenvalue weighted by atomic mass is 19.3. The highest BCUT2D eigenvalue weighted by molar-refractivity contribution is 6.01. The molecule has 3 aromatic heterocycles. The minimum absolute atomic E-state index is 0.0717. The number of hydrogen-bond acceptors (Lipinski definition) is 4. The van der Waals surface area contributed by atoms with E-state index in [-0.39, 0.29) is 28.5 Å². The normalized spacial score (nSPS) is 11.4. The Morgan fingerprint density at radius 3 is 2.62 bits per heavy atom. The highest BCUT2D eigenvalue weighted by Crippen LogP contribution is 2.34. The Bertz CT molecular complexity index is 1230. The lowest BCUT2D eigenvalue weighted by molar-refractivity contribution is 0.101. The number of nitrogens with one attached hydrogen (secondary N) is 2. The SMILES string of the molecule is Cn1ncnc1C(=O)Nc1ccc2cc(-c3cc(F)c(F)cc3C(F)F)[nH]c2n1. The van der Waals surface area contributed by atoms with Crippen molar-refractivity contribution in [2.45, 2.75) is 6.43 Å². The van der Waals surface area contributed by atoms with Gasteiger partial charge in [0.15, 0.2) is 11.6 Å². The predicted octanol–water partition coefficient (Wildman–Crippen LogP) is 3.83. The zero-order chi connectivity index (χ0) is 20.7. The summed E-state index contributed by atoms with van der Waals surface area (Å²) in [4.78, 5) is 23.0. The fourth-order valence-electron chi connectivity index (χ4n) is 2.87. The van der Waals surface area contributed by atoms with Crippen LogP contribution >= 0.6 is 0 Å². The molecule has 0 aliphatic rings. The van der Waals surface area contributed by atoms with Gasteiger partial charge in [0.25, 0.3) is 12.3 Å². The number of rotatable bonds is 4. The van der Waals surface area contributed by atoms with E-state index in [1.165, 1.54) is 23.1 Å². The van der Waals surface area contributed by atoms with Crippen LogP contribution in [-0.4, -0.2) is 30.6 Å². The molecule has 7 nitrogen and oxygen atoms in total. The van der Waals surface area contributed by atoms with Crippen LogP contribution in [0.4, 0.5) is 23.4 Å². The van der Waals surface area contributed by atoms with E-state index in [1.807, 2.05) is 0 Å². The maximum Gasteiger partial charge on any atom is 0.294 e. The molecule has 4 aromatic rings. The first-order valence-electron chi connectivity index (χ1n) is 8.26. The number of aryl methyl sites for hydroxylation is 1. The van der Waals surface area contributed by atoms with Crippen molar-refractivity contribution >= 4 is 22.8 Å². The molecule has 0 aliphatic carbocycles. The van der Waals surface area contributed by atoms with Crippen LogP contribution in [0.1, 0.15) is 22.6 Å². The minimum Gasteiger partial charge on any atom is -0.339 e. The number of aromatic nitrogens is 5. The zero-order valence-corrected chi connectivity index (χ0v) is 14.8. The van der Waals surface area contributed by atoms with Crippen LogP contribution in [0.3, 0.4) is 0 Å². The van der Waals surface area contributed by atoms with Gasteiger partial charge in [-0.25, -0.2) is 32.2 Å². The number of halogens is 4. The second-order valence-corrected chi connectivity index (χ2v) is 6.13. The number of aromatic amines is 1. The number of amides is 1. The Labute approximate surface area is 160 Å². The molecule has 0 saturated heterocycles. The number of carbonyl (C=O) groups is 1. The molecule has 0 bridgehead atoms. The van der Waals surface area contributed by atoms with Crippen molar-refractivity contribution in [1.82, 2.24) is 24.7 Å². The van der Waals surface area contributed by atoms with E-state index in [4.69, 9.17) is 0 Å². The number of fused-ring (bicyclic) bond motifs is 1. The van der Waals surface area contributed by atoms with Crippen molar-refractivity contribution < 1.29 is 22.4 Å². The van der Waals surface area contributed by atoms with E-state index in [2.05, 4.69) is 25.4 Å².